The number of aliphatic hydroxyl groups excluding tert-OH is 1. The fourth-order valence-electron chi connectivity index (χ4n) is 2.92. The highest BCUT2D eigenvalue weighted by Gasteiger charge is 2.32. The van der Waals surface area contributed by atoms with E-state index < -0.39 is 12.1 Å². The summed E-state index contributed by atoms with van der Waals surface area (Å²) in [7, 11) is 0. The first-order valence-electron chi connectivity index (χ1n) is 8.48. The van der Waals surface area contributed by atoms with Gasteiger partial charge in [-0.15, -0.1) is 0 Å². The van der Waals surface area contributed by atoms with Gasteiger partial charge < -0.3 is 15.3 Å². The molecule has 0 aliphatic carbocycles. The van der Waals surface area contributed by atoms with Crippen LogP contribution in [0.15, 0.2) is 0 Å². The fraction of sp³-hybridized carbons (Fsp3) is 0.882. The average Bonchev–Trinajstić information content (AvgIpc) is 2.43. The highest BCUT2D eigenvalue weighted by Crippen LogP contribution is 2.21. The predicted octanol–water partition coefficient (Wildman–Crippen LogP) is 1.79. The Morgan fingerprint density at radius 2 is 1.86 bits per heavy atom. The first kappa shape index (κ1) is 18.9. The number of carbonyl (C=O) groups excluding carboxylic acids is 2. The van der Waals surface area contributed by atoms with Crippen LogP contribution in [0.5, 0.6) is 0 Å². The SMILES string of the molecule is CC(C)CC(=O)NC(C(=O)N1CCCC(C(C)O)C1)C(C)C. The Balaban J connectivity index is 2.70. The summed E-state index contributed by atoms with van der Waals surface area (Å²) in [6, 6.07) is -0.473. The van der Waals surface area contributed by atoms with Crippen molar-refractivity contribution in [3.8, 4) is 0 Å². The Morgan fingerprint density at radius 3 is 2.36 bits per heavy atom. The highest BCUT2D eigenvalue weighted by molar-refractivity contribution is 5.88. The second-order valence-corrected chi connectivity index (χ2v) is 7.31. The van der Waals surface area contributed by atoms with Crippen LogP contribution in [0.1, 0.15) is 53.9 Å². The summed E-state index contributed by atoms with van der Waals surface area (Å²) in [6.45, 7) is 11.0. The van der Waals surface area contributed by atoms with Gasteiger partial charge in [0.15, 0.2) is 0 Å². The van der Waals surface area contributed by atoms with Crippen molar-refractivity contribution in [2.24, 2.45) is 17.8 Å². The molecule has 1 saturated heterocycles. The van der Waals surface area contributed by atoms with Crippen LogP contribution in [0.2, 0.25) is 0 Å². The molecule has 1 rings (SSSR count). The van der Waals surface area contributed by atoms with Crippen LogP contribution >= 0.6 is 0 Å². The third kappa shape index (κ3) is 5.59. The van der Waals surface area contributed by atoms with Crippen molar-refractivity contribution in [3.05, 3.63) is 0 Å². The molecule has 1 fully saturated rings. The largest absolute Gasteiger partial charge is 0.393 e. The molecule has 3 unspecified atom stereocenters. The van der Waals surface area contributed by atoms with Crippen LogP contribution in [-0.2, 0) is 9.59 Å². The Hall–Kier alpha value is -1.10. The van der Waals surface area contributed by atoms with Gasteiger partial charge in [0.1, 0.15) is 6.04 Å². The number of rotatable bonds is 6. The van der Waals surface area contributed by atoms with Crippen molar-refractivity contribution in [1.29, 1.82) is 0 Å². The van der Waals surface area contributed by atoms with Crippen molar-refractivity contribution in [3.63, 3.8) is 0 Å². The number of aliphatic hydroxyl groups is 1. The molecule has 0 bridgehead atoms. The number of nitrogens with one attached hydrogen (secondary N) is 1. The van der Waals surface area contributed by atoms with E-state index in [1.54, 1.807) is 11.8 Å². The summed E-state index contributed by atoms with van der Waals surface area (Å²) < 4.78 is 0. The molecule has 1 aliphatic rings. The summed E-state index contributed by atoms with van der Waals surface area (Å²) in [6.07, 6.45) is 1.90. The van der Waals surface area contributed by atoms with Gasteiger partial charge in [0.2, 0.25) is 11.8 Å². The molecule has 0 aromatic heterocycles. The lowest BCUT2D eigenvalue weighted by atomic mass is 9.92. The lowest BCUT2D eigenvalue weighted by molar-refractivity contribution is -0.140. The molecule has 0 saturated carbocycles. The molecular weight excluding hydrogens is 280 g/mol. The second-order valence-electron chi connectivity index (χ2n) is 7.31. The summed E-state index contributed by atoms with van der Waals surface area (Å²) >= 11 is 0. The van der Waals surface area contributed by atoms with E-state index in [1.165, 1.54) is 0 Å². The molecule has 0 aromatic rings. The molecule has 5 heteroatoms. The molecule has 3 atom stereocenters. The summed E-state index contributed by atoms with van der Waals surface area (Å²) in [4.78, 5) is 26.6. The maximum absolute atomic E-state index is 12.8. The maximum atomic E-state index is 12.8. The highest BCUT2D eigenvalue weighted by atomic mass is 16.3. The molecule has 0 aromatic carbocycles. The number of likely N-dealkylation sites (tertiary alicyclic amines) is 1. The molecule has 0 radical (unpaired) electrons. The Labute approximate surface area is 134 Å². The molecule has 5 nitrogen and oxygen atoms in total. The van der Waals surface area contributed by atoms with E-state index in [0.29, 0.717) is 19.5 Å². The van der Waals surface area contributed by atoms with Gasteiger partial charge in [-0.05, 0) is 31.6 Å². The minimum atomic E-state index is -0.473. The topological polar surface area (TPSA) is 69.6 Å². The van der Waals surface area contributed by atoms with Gasteiger partial charge in [-0.1, -0.05) is 27.7 Å². The van der Waals surface area contributed by atoms with Gasteiger partial charge in [-0.3, -0.25) is 9.59 Å². The van der Waals surface area contributed by atoms with Crippen molar-refractivity contribution in [2.45, 2.75) is 66.0 Å². The van der Waals surface area contributed by atoms with Gasteiger partial charge in [-0.2, -0.15) is 0 Å². The van der Waals surface area contributed by atoms with E-state index in [9.17, 15) is 14.7 Å². The standard InChI is InChI=1S/C17H32N2O3/c1-11(2)9-15(21)18-16(12(3)4)17(22)19-8-6-7-14(10-19)13(5)20/h11-14,16,20H,6-10H2,1-5H3,(H,18,21). The predicted molar refractivity (Wildman–Crippen MR) is 87.2 cm³/mol. The number of piperidine rings is 1. The van der Waals surface area contributed by atoms with Crippen molar-refractivity contribution in [1.82, 2.24) is 10.2 Å². The van der Waals surface area contributed by atoms with E-state index >= 15 is 0 Å². The van der Waals surface area contributed by atoms with E-state index in [2.05, 4.69) is 5.32 Å². The number of nitrogens with zero attached hydrogens (tertiary/aromatic N) is 1. The van der Waals surface area contributed by atoms with Gasteiger partial charge in [0, 0.05) is 25.4 Å². The number of hydrogen-bond acceptors (Lipinski definition) is 3. The number of carbonyl (C=O) groups is 2. The zero-order valence-electron chi connectivity index (χ0n) is 14.6. The molecule has 2 amide bonds. The molecule has 0 spiro atoms. The lowest BCUT2D eigenvalue weighted by Crippen LogP contribution is -2.54. The molecule has 128 valence electrons. The van der Waals surface area contributed by atoms with Crippen LogP contribution in [0, 0.1) is 17.8 Å². The smallest absolute Gasteiger partial charge is 0.245 e. The van der Waals surface area contributed by atoms with E-state index in [-0.39, 0.29) is 29.6 Å². The van der Waals surface area contributed by atoms with Crippen LogP contribution in [0.25, 0.3) is 0 Å². The molecule has 2 N–H and O–H groups in total. The monoisotopic (exact) mass is 312 g/mol. The lowest BCUT2D eigenvalue weighted by Gasteiger charge is -2.37. The minimum Gasteiger partial charge on any atom is -0.393 e. The van der Waals surface area contributed by atoms with Crippen LogP contribution < -0.4 is 5.32 Å². The van der Waals surface area contributed by atoms with Gasteiger partial charge in [0.25, 0.3) is 0 Å². The average molecular weight is 312 g/mol. The summed E-state index contributed by atoms with van der Waals surface area (Å²) in [5.74, 6) is 0.383. The van der Waals surface area contributed by atoms with Gasteiger partial charge in [-0.25, -0.2) is 0 Å². The van der Waals surface area contributed by atoms with Crippen LogP contribution in [0.4, 0.5) is 0 Å². The second kappa shape index (κ2) is 8.51. The summed E-state index contributed by atoms with van der Waals surface area (Å²) in [5, 5.41) is 12.7. The Morgan fingerprint density at radius 1 is 1.23 bits per heavy atom. The van der Waals surface area contributed by atoms with Gasteiger partial charge in [0.05, 0.1) is 6.10 Å². The van der Waals surface area contributed by atoms with Crippen molar-refractivity contribution >= 4 is 11.8 Å². The molecular formula is C17H32N2O3. The van der Waals surface area contributed by atoms with Crippen LogP contribution in [-0.4, -0.2) is 47.1 Å². The Kier molecular flexibility index (Phi) is 7.33. The van der Waals surface area contributed by atoms with E-state index in [1.807, 2.05) is 27.7 Å². The molecule has 22 heavy (non-hydrogen) atoms. The molecule has 1 heterocycles. The van der Waals surface area contributed by atoms with E-state index in [4.69, 9.17) is 0 Å². The fourth-order valence-corrected chi connectivity index (χ4v) is 2.92. The summed E-state index contributed by atoms with van der Waals surface area (Å²) in [5.41, 5.74) is 0. The van der Waals surface area contributed by atoms with Gasteiger partial charge >= 0.3 is 0 Å². The molecule has 1 aliphatic heterocycles. The number of hydrogen-bond donors (Lipinski definition) is 2. The zero-order valence-corrected chi connectivity index (χ0v) is 14.6. The van der Waals surface area contributed by atoms with Crippen molar-refractivity contribution in [2.75, 3.05) is 13.1 Å². The first-order chi connectivity index (χ1) is 10.2. The third-order valence-electron chi connectivity index (χ3n) is 4.29. The Bertz CT molecular complexity index is 380. The van der Waals surface area contributed by atoms with Crippen LogP contribution in [0.3, 0.4) is 0 Å². The first-order valence-corrected chi connectivity index (χ1v) is 8.48. The third-order valence-corrected chi connectivity index (χ3v) is 4.29. The quantitative estimate of drug-likeness (QED) is 0.785. The normalized spacial score (nSPS) is 21.8. The maximum Gasteiger partial charge on any atom is 0.245 e. The zero-order chi connectivity index (χ0) is 16.9. The van der Waals surface area contributed by atoms with Crippen molar-refractivity contribution < 1.29 is 14.7 Å². The number of amides is 2. The van der Waals surface area contributed by atoms with E-state index in [0.717, 1.165) is 12.8 Å². The minimum absolute atomic E-state index is 0.0162.